The van der Waals surface area contributed by atoms with Crippen LogP contribution in [-0.2, 0) is 0 Å². The van der Waals surface area contributed by atoms with Crippen LogP contribution in [0.2, 0.25) is 0 Å². The second kappa shape index (κ2) is 4.54. The number of hydrogen-bond acceptors (Lipinski definition) is 2. The highest BCUT2D eigenvalue weighted by molar-refractivity contribution is 5.37. The maximum absolute atomic E-state index is 9.42. The molecule has 0 bridgehead atoms. The van der Waals surface area contributed by atoms with E-state index in [-0.39, 0.29) is 0 Å². The molecule has 1 rings (SSSR count). The molecule has 0 saturated carbocycles. The van der Waals surface area contributed by atoms with Crippen molar-refractivity contribution in [2.45, 2.75) is 13.0 Å². The SMILES string of the molecule is C#C[C@H](O)c1ccccc1OCC. The summed E-state index contributed by atoms with van der Waals surface area (Å²) < 4.78 is 5.30. The average molecular weight is 176 g/mol. The van der Waals surface area contributed by atoms with E-state index in [0.717, 1.165) is 0 Å². The molecule has 0 heterocycles. The standard InChI is InChI=1S/C11H12O2/c1-3-10(12)9-7-5-6-8-11(9)13-4-2/h1,5-8,10,12H,4H2,2H3/t10-/m0/s1. The van der Waals surface area contributed by atoms with E-state index >= 15 is 0 Å². The molecule has 1 aromatic rings. The summed E-state index contributed by atoms with van der Waals surface area (Å²) in [5.74, 6) is 2.90. The van der Waals surface area contributed by atoms with Crippen molar-refractivity contribution in [3.05, 3.63) is 29.8 Å². The van der Waals surface area contributed by atoms with E-state index in [1.54, 1.807) is 12.1 Å². The number of terminal acetylenes is 1. The van der Waals surface area contributed by atoms with Gasteiger partial charge in [0.1, 0.15) is 11.9 Å². The normalized spacial score (nSPS) is 11.8. The van der Waals surface area contributed by atoms with E-state index in [2.05, 4.69) is 5.92 Å². The summed E-state index contributed by atoms with van der Waals surface area (Å²) in [6.07, 6.45) is 4.23. The molecule has 0 radical (unpaired) electrons. The van der Waals surface area contributed by atoms with Crippen LogP contribution in [0.15, 0.2) is 24.3 Å². The van der Waals surface area contributed by atoms with Gasteiger partial charge in [0.05, 0.1) is 6.61 Å². The first kappa shape index (κ1) is 9.63. The molecule has 0 saturated heterocycles. The third kappa shape index (κ3) is 2.24. The third-order valence-corrected chi connectivity index (χ3v) is 1.67. The molecule has 0 aliphatic rings. The number of aliphatic hydroxyl groups excluding tert-OH is 1. The molecule has 1 atom stereocenters. The van der Waals surface area contributed by atoms with Gasteiger partial charge >= 0.3 is 0 Å². The van der Waals surface area contributed by atoms with E-state index in [4.69, 9.17) is 11.2 Å². The fourth-order valence-corrected chi connectivity index (χ4v) is 1.08. The highest BCUT2D eigenvalue weighted by Gasteiger charge is 2.08. The molecule has 68 valence electrons. The van der Waals surface area contributed by atoms with Crippen LogP contribution < -0.4 is 4.74 Å². The minimum Gasteiger partial charge on any atom is -0.493 e. The molecule has 1 aromatic carbocycles. The predicted octanol–water partition coefficient (Wildman–Crippen LogP) is 1.75. The number of benzene rings is 1. The molecule has 0 aliphatic heterocycles. The highest BCUT2D eigenvalue weighted by atomic mass is 16.5. The van der Waals surface area contributed by atoms with Gasteiger partial charge in [-0.25, -0.2) is 0 Å². The highest BCUT2D eigenvalue weighted by Crippen LogP contribution is 2.24. The molecule has 0 aromatic heterocycles. The Labute approximate surface area is 78.2 Å². The predicted molar refractivity (Wildman–Crippen MR) is 51.4 cm³/mol. The lowest BCUT2D eigenvalue weighted by Crippen LogP contribution is -2.00. The summed E-state index contributed by atoms with van der Waals surface area (Å²) in [6.45, 7) is 2.45. The molecule has 0 fully saturated rings. The van der Waals surface area contributed by atoms with Gasteiger partial charge in [-0.05, 0) is 13.0 Å². The van der Waals surface area contributed by atoms with E-state index in [0.29, 0.717) is 17.9 Å². The number of hydrogen-bond donors (Lipinski definition) is 1. The Kier molecular flexibility index (Phi) is 3.36. The zero-order chi connectivity index (χ0) is 9.68. The van der Waals surface area contributed by atoms with E-state index in [9.17, 15) is 5.11 Å². The summed E-state index contributed by atoms with van der Waals surface area (Å²) in [4.78, 5) is 0. The fourth-order valence-electron chi connectivity index (χ4n) is 1.08. The van der Waals surface area contributed by atoms with Crippen LogP contribution in [-0.4, -0.2) is 11.7 Å². The van der Waals surface area contributed by atoms with Crippen LogP contribution in [0.1, 0.15) is 18.6 Å². The van der Waals surface area contributed by atoms with Gasteiger partial charge in [-0.3, -0.25) is 0 Å². The summed E-state index contributed by atoms with van der Waals surface area (Å²) in [6, 6.07) is 7.21. The van der Waals surface area contributed by atoms with Crippen molar-refractivity contribution in [2.24, 2.45) is 0 Å². The molecule has 13 heavy (non-hydrogen) atoms. The largest absolute Gasteiger partial charge is 0.493 e. The van der Waals surface area contributed by atoms with Gasteiger partial charge in [0.25, 0.3) is 0 Å². The van der Waals surface area contributed by atoms with Gasteiger partial charge in [-0.1, -0.05) is 24.1 Å². The summed E-state index contributed by atoms with van der Waals surface area (Å²) in [5.41, 5.74) is 0.645. The minimum atomic E-state index is -0.886. The van der Waals surface area contributed by atoms with Crippen LogP contribution in [0.5, 0.6) is 5.75 Å². The first-order chi connectivity index (χ1) is 6.29. The molecular formula is C11H12O2. The molecular weight excluding hydrogens is 164 g/mol. The zero-order valence-electron chi connectivity index (χ0n) is 7.53. The molecule has 0 amide bonds. The maximum Gasteiger partial charge on any atom is 0.143 e. The zero-order valence-corrected chi connectivity index (χ0v) is 7.53. The molecule has 0 spiro atoms. The molecule has 2 heteroatoms. The van der Waals surface area contributed by atoms with Crippen molar-refractivity contribution in [3.8, 4) is 18.1 Å². The van der Waals surface area contributed by atoms with Crippen LogP contribution in [0.25, 0.3) is 0 Å². The third-order valence-electron chi connectivity index (χ3n) is 1.67. The fraction of sp³-hybridized carbons (Fsp3) is 0.273. The van der Waals surface area contributed by atoms with Crippen LogP contribution >= 0.6 is 0 Å². The number of aliphatic hydroxyl groups is 1. The van der Waals surface area contributed by atoms with Gasteiger partial charge in [0.15, 0.2) is 0 Å². The monoisotopic (exact) mass is 176 g/mol. The van der Waals surface area contributed by atoms with Crippen LogP contribution in [0.3, 0.4) is 0 Å². The second-order valence-electron chi connectivity index (χ2n) is 2.54. The molecule has 0 aliphatic carbocycles. The van der Waals surface area contributed by atoms with Crippen molar-refractivity contribution >= 4 is 0 Å². The Morgan fingerprint density at radius 2 is 2.23 bits per heavy atom. The number of ether oxygens (including phenoxy) is 1. The van der Waals surface area contributed by atoms with Crippen LogP contribution in [0, 0.1) is 12.3 Å². The van der Waals surface area contributed by atoms with Gasteiger partial charge in [-0.2, -0.15) is 0 Å². The Morgan fingerprint density at radius 3 is 2.85 bits per heavy atom. The smallest absolute Gasteiger partial charge is 0.143 e. The van der Waals surface area contributed by atoms with Gasteiger partial charge in [0.2, 0.25) is 0 Å². The van der Waals surface area contributed by atoms with Crippen molar-refractivity contribution in [1.82, 2.24) is 0 Å². The average Bonchev–Trinajstić information content (AvgIpc) is 2.18. The van der Waals surface area contributed by atoms with Gasteiger partial charge in [-0.15, -0.1) is 6.42 Å². The lowest BCUT2D eigenvalue weighted by Gasteiger charge is -2.10. The molecule has 1 N–H and O–H groups in total. The van der Waals surface area contributed by atoms with Crippen molar-refractivity contribution < 1.29 is 9.84 Å². The Bertz CT molecular complexity index is 312. The van der Waals surface area contributed by atoms with Gasteiger partial charge < -0.3 is 9.84 Å². The first-order valence-corrected chi connectivity index (χ1v) is 4.15. The van der Waals surface area contributed by atoms with Crippen molar-refractivity contribution in [1.29, 1.82) is 0 Å². The maximum atomic E-state index is 9.42. The quantitative estimate of drug-likeness (QED) is 0.711. The lowest BCUT2D eigenvalue weighted by molar-refractivity contribution is 0.229. The number of para-hydroxylation sites is 1. The Morgan fingerprint density at radius 1 is 1.54 bits per heavy atom. The Hall–Kier alpha value is -1.46. The Balaban J connectivity index is 2.98. The van der Waals surface area contributed by atoms with E-state index < -0.39 is 6.10 Å². The topological polar surface area (TPSA) is 29.5 Å². The lowest BCUT2D eigenvalue weighted by atomic mass is 10.1. The summed E-state index contributed by atoms with van der Waals surface area (Å²) >= 11 is 0. The van der Waals surface area contributed by atoms with E-state index in [1.165, 1.54) is 0 Å². The van der Waals surface area contributed by atoms with E-state index in [1.807, 2.05) is 19.1 Å². The van der Waals surface area contributed by atoms with Gasteiger partial charge in [0, 0.05) is 5.56 Å². The van der Waals surface area contributed by atoms with Crippen molar-refractivity contribution in [3.63, 3.8) is 0 Å². The second-order valence-corrected chi connectivity index (χ2v) is 2.54. The molecule has 2 nitrogen and oxygen atoms in total. The molecule has 0 unspecified atom stereocenters. The first-order valence-electron chi connectivity index (χ1n) is 4.15. The minimum absolute atomic E-state index is 0.564. The van der Waals surface area contributed by atoms with Crippen molar-refractivity contribution in [2.75, 3.05) is 6.61 Å². The summed E-state index contributed by atoms with van der Waals surface area (Å²) in [5, 5.41) is 9.42. The number of rotatable bonds is 3. The summed E-state index contributed by atoms with van der Waals surface area (Å²) in [7, 11) is 0. The van der Waals surface area contributed by atoms with Crippen LogP contribution in [0.4, 0.5) is 0 Å².